The molecule has 1 nitrogen and oxygen atoms in total. The molecule has 1 rings (SSSR count). The molecule has 1 N–H and O–H groups in total. The van der Waals surface area contributed by atoms with Crippen LogP contribution in [0.5, 0.6) is 0 Å². The van der Waals surface area contributed by atoms with Gasteiger partial charge in [-0.2, -0.15) is 0 Å². The third-order valence-corrected chi connectivity index (χ3v) is 3.93. The Morgan fingerprint density at radius 1 is 1.56 bits per heavy atom. The lowest BCUT2D eigenvalue weighted by Gasteiger charge is -2.18. The van der Waals surface area contributed by atoms with E-state index >= 15 is 0 Å². The molecule has 0 spiro atoms. The minimum Gasteiger partial charge on any atom is -0.313 e. The Hall–Kier alpha value is 0.130. The average molecular weight is 394 g/mol. The fourth-order valence-electron chi connectivity index (χ4n) is 1.63. The van der Waals surface area contributed by atoms with Gasteiger partial charge < -0.3 is 5.32 Å². The van der Waals surface area contributed by atoms with Gasteiger partial charge in [0, 0.05) is 14.1 Å². The van der Waals surface area contributed by atoms with E-state index in [0.717, 1.165) is 12.8 Å². The topological polar surface area (TPSA) is 12.0 Å². The van der Waals surface area contributed by atoms with E-state index in [-0.39, 0.29) is 0 Å². The zero-order valence-corrected chi connectivity index (χ0v) is 13.4. The molecule has 1 unspecified atom stereocenters. The van der Waals surface area contributed by atoms with Crippen LogP contribution in [0, 0.1) is 3.57 Å². The van der Waals surface area contributed by atoms with Crippen LogP contribution in [0.4, 0.5) is 0 Å². The maximum Gasteiger partial charge on any atom is 0.0332 e. The molecule has 0 fully saturated rings. The van der Waals surface area contributed by atoms with E-state index in [1.807, 2.05) is 7.05 Å². The molecular weight excluding hydrogens is 377 g/mol. The SMILES string of the molecule is C=C(C)CCC(NC)c1cc(I)ccc1Br. The molecule has 0 saturated carbocycles. The number of allylic oxidation sites excluding steroid dienone is 1. The van der Waals surface area contributed by atoms with Crippen molar-refractivity contribution >= 4 is 38.5 Å². The van der Waals surface area contributed by atoms with E-state index in [1.54, 1.807) is 0 Å². The highest BCUT2D eigenvalue weighted by molar-refractivity contribution is 14.1. The van der Waals surface area contributed by atoms with Gasteiger partial charge in [0.05, 0.1) is 0 Å². The largest absolute Gasteiger partial charge is 0.313 e. The van der Waals surface area contributed by atoms with Crippen LogP contribution in [-0.2, 0) is 0 Å². The van der Waals surface area contributed by atoms with Gasteiger partial charge in [-0.25, -0.2) is 0 Å². The van der Waals surface area contributed by atoms with Crippen LogP contribution in [0.3, 0.4) is 0 Å². The summed E-state index contributed by atoms with van der Waals surface area (Å²) < 4.78 is 2.44. The normalized spacial score (nSPS) is 12.5. The monoisotopic (exact) mass is 393 g/mol. The van der Waals surface area contributed by atoms with Crippen molar-refractivity contribution in [2.45, 2.75) is 25.8 Å². The zero-order valence-electron chi connectivity index (χ0n) is 9.69. The summed E-state index contributed by atoms with van der Waals surface area (Å²) in [5.74, 6) is 0. The Bertz CT molecular complexity index is 376. The molecule has 0 aliphatic carbocycles. The van der Waals surface area contributed by atoms with Crippen molar-refractivity contribution < 1.29 is 0 Å². The van der Waals surface area contributed by atoms with Crippen molar-refractivity contribution in [2.75, 3.05) is 7.05 Å². The van der Waals surface area contributed by atoms with Crippen LogP contribution in [0.2, 0.25) is 0 Å². The Kier molecular flexibility index (Phi) is 6.00. The Balaban J connectivity index is 2.85. The van der Waals surface area contributed by atoms with E-state index in [2.05, 4.69) is 75.5 Å². The highest BCUT2D eigenvalue weighted by atomic mass is 127. The second kappa shape index (κ2) is 6.77. The molecule has 3 heteroatoms. The molecule has 0 amide bonds. The Morgan fingerprint density at radius 3 is 2.81 bits per heavy atom. The first-order valence-corrected chi connectivity index (χ1v) is 7.18. The lowest BCUT2D eigenvalue weighted by molar-refractivity contribution is 0.546. The van der Waals surface area contributed by atoms with Gasteiger partial charge in [0.25, 0.3) is 0 Å². The summed E-state index contributed by atoms with van der Waals surface area (Å²) >= 11 is 5.96. The standard InChI is InChI=1S/C13H17BrIN/c1-9(2)4-7-13(16-3)11-8-10(15)5-6-12(11)14/h5-6,8,13,16H,1,4,7H2,2-3H3. The van der Waals surface area contributed by atoms with Crippen molar-refractivity contribution in [1.82, 2.24) is 5.32 Å². The number of halogens is 2. The van der Waals surface area contributed by atoms with Gasteiger partial charge in [-0.3, -0.25) is 0 Å². The molecule has 0 radical (unpaired) electrons. The van der Waals surface area contributed by atoms with Crippen LogP contribution < -0.4 is 5.32 Å². The molecule has 0 aliphatic rings. The van der Waals surface area contributed by atoms with Gasteiger partial charge in [-0.1, -0.05) is 21.5 Å². The second-order valence-corrected chi connectivity index (χ2v) is 6.10. The van der Waals surface area contributed by atoms with E-state index in [9.17, 15) is 0 Å². The van der Waals surface area contributed by atoms with Crippen molar-refractivity contribution in [3.63, 3.8) is 0 Å². The van der Waals surface area contributed by atoms with Gasteiger partial charge in [0.15, 0.2) is 0 Å². The maximum atomic E-state index is 3.95. The zero-order chi connectivity index (χ0) is 12.1. The molecule has 0 aromatic heterocycles. The molecule has 1 aromatic carbocycles. The number of hydrogen-bond donors (Lipinski definition) is 1. The van der Waals surface area contributed by atoms with Gasteiger partial charge >= 0.3 is 0 Å². The molecular formula is C13H17BrIN. The smallest absolute Gasteiger partial charge is 0.0332 e. The van der Waals surface area contributed by atoms with Gasteiger partial charge in [-0.15, -0.1) is 6.58 Å². The predicted octanol–water partition coefficient (Wildman–Crippen LogP) is 4.67. The van der Waals surface area contributed by atoms with Crippen LogP contribution in [0.15, 0.2) is 34.8 Å². The highest BCUT2D eigenvalue weighted by Crippen LogP contribution is 2.28. The summed E-state index contributed by atoms with van der Waals surface area (Å²) in [5, 5.41) is 3.37. The summed E-state index contributed by atoms with van der Waals surface area (Å²) in [7, 11) is 2.01. The molecule has 1 atom stereocenters. The van der Waals surface area contributed by atoms with Crippen molar-refractivity contribution in [3.05, 3.63) is 44.0 Å². The number of nitrogens with one attached hydrogen (secondary N) is 1. The Morgan fingerprint density at radius 2 is 2.25 bits per heavy atom. The van der Waals surface area contributed by atoms with Crippen LogP contribution >= 0.6 is 38.5 Å². The van der Waals surface area contributed by atoms with Crippen molar-refractivity contribution in [3.8, 4) is 0 Å². The maximum absolute atomic E-state index is 3.95. The quantitative estimate of drug-likeness (QED) is 0.566. The molecule has 16 heavy (non-hydrogen) atoms. The molecule has 0 saturated heterocycles. The van der Waals surface area contributed by atoms with E-state index in [4.69, 9.17) is 0 Å². The molecule has 0 heterocycles. The number of rotatable bonds is 5. The molecule has 1 aromatic rings. The van der Waals surface area contributed by atoms with E-state index < -0.39 is 0 Å². The fourth-order valence-corrected chi connectivity index (χ4v) is 2.67. The van der Waals surface area contributed by atoms with E-state index in [1.165, 1.54) is 19.2 Å². The third kappa shape index (κ3) is 4.18. The lowest BCUT2D eigenvalue weighted by atomic mass is 10.0. The summed E-state index contributed by atoms with van der Waals surface area (Å²) in [4.78, 5) is 0. The molecule has 0 aliphatic heterocycles. The average Bonchev–Trinajstić information content (AvgIpc) is 2.23. The highest BCUT2D eigenvalue weighted by Gasteiger charge is 2.12. The summed E-state index contributed by atoms with van der Waals surface area (Å²) in [6.45, 7) is 6.03. The van der Waals surface area contributed by atoms with Crippen LogP contribution in [-0.4, -0.2) is 7.05 Å². The predicted molar refractivity (Wildman–Crippen MR) is 82.7 cm³/mol. The fraction of sp³-hybridized carbons (Fsp3) is 0.385. The first-order chi connectivity index (χ1) is 7.54. The first-order valence-electron chi connectivity index (χ1n) is 5.31. The van der Waals surface area contributed by atoms with Crippen LogP contribution in [0.25, 0.3) is 0 Å². The number of benzene rings is 1. The van der Waals surface area contributed by atoms with E-state index in [0.29, 0.717) is 6.04 Å². The molecule has 0 bridgehead atoms. The summed E-state index contributed by atoms with van der Waals surface area (Å²) in [6, 6.07) is 6.84. The van der Waals surface area contributed by atoms with Gasteiger partial charge in [0.2, 0.25) is 0 Å². The summed E-state index contributed by atoms with van der Waals surface area (Å²) in [5.41, 5.74) is 2.57. The summed E-state index contributed by atoms with van der Waals surface area (Å²) in [6.07, 6.45) is 2.15. The van der Waals surface area contributed by atoms with Crippen molar-refractivity contribution in [1.29, 1.82) is 0 Å². The molecule has 88 valence electrons. The lowest BCUT2D eigenvalue weighted by Crippen LogP contribution is -2.17. The first kappa shape index (κ1) is 14.2. The minimum atomic E-state index is 0.390. The van der Waals surface area contributed by atoms with Crippen molar-refractivity contribution in [2.24, 2.45) is 0 Å². The third-order valence-electron chi connectivity index (χ3n) is 2.54. The van der Waals surface area contributed by atoms with Gasteiger partial charge in [0.1, 0.15) is 0 Å². The Labute approximate surface area is 120 Å². The number of hydrogen-bond acceptors (Lipinski definition) is 1. The van der Waals surface area contributed by atoms with Gasteiger partial charge in [-0.05, 0) is 73.2 Å². The van der Waals surface area contributed by atoms with Crippen LogP contribution in [0.1, 0.15) is 31.4 Å². The minimum absolute atomic E-state index is 0.390. The second-order valence-electron chi connectivity index (χ2n) is 4.00.